The first-order valence-corrected chi connectivity index (χ1v) is 16.4. The molecule has 2 aromatic heterocycles. The monoisotopic (exact) mass is 600 g/mol. The Kier molecular flexibility index (Phi) is 11.8. The number of esters is 1. The maximum Gasteiger partial charge on any atom is 0.511 e. The Hall–Kier alpha value is -2.72. The molecule has 0 saturated carbocycles. The summed E-state index contributed by atoms with van der Waals surface area (Å²) >= 11 is 3.42. The molecular weight excluding hydrogens is 556 g/mol. The number of piperidine rings is 1. The van der Waals surface area contributed by atoms with Gasteiger partial charge in [0.1, 0.15) is 32.8 Å². The first-order chi connectivity index (χ1) is 19.8. The van der Waals surface area contributed by atoms with Crippen molar-refractivity contribution in [2.45, 2.75) is 58.7 Å². The fraction of sp³-hybridized carbons (Fsp3) is 0.500. The molecule has 222 valence electrons. The highest BCUT2D eigenvalue weighted by Gasteiger charge is 2.30. The van der Waals surface area contributed by atoms with E-state index in [-0.39, 0.29) is 12.6 Å². The molecule has 0 aliphatic carbocycles. The minimum atomic E-state index is -0.816. The molecule has 0 bridgehead atoms. The van der Waals surface area contributed by atoms with Crippen molar-refractivity contribution in [1.29, 1.82) is 0 Å². The van der Waals surface area contributed by atoms with Crippen molar-refractivity contribution in [3.8, 4) is 0 Å². The second-order valence-corrected chi connectivity index (χ2v) is 13.2. The number of likely N-dealkylation sites (N-methyl/N-ethyl adjacent to an activating group) is 1. The van der Waals surface area contributed by atoms with Gasteiger partial charge < -0.3 is 23.2 Å². The average molecular weight is 601 g/mol. The molecule has 3 aromatic rings. The van der Waals surface area contributed by atoms with Crippen LogP contribution in [0.3, 0.4) is 0 Å². The third-order valence-corrected chi connectivity index (χ3v) is 9.42. The molecule has 0 amide bonds. The lowest BCUT2D eigenvalue weighted by Crippen LogP contribution is -2.51. The molecule has 1 fully saturated rings. The second-order valence-electron chi connectivity index (χ2n) is 11.6. The van der Waals surface area contributed by atoms with Gasteiger partial charge in [-0.3, -0.25) is 4.79 Å². The number of quaternary nitrogens is 2. The summed E-state index contributed by atoms with van der Waals surface area (Å²) in [5, 5.41) is 8.60. The number of aryl methyl sites for hydroxylation is 1. The molecule has 9 heteroatoms. The van der Waals surface area contributed by atoms with Gasteiger partial charge in [0.2, 0.25) is 6.79 Å². The molecule has 1 aromatic carbocycles. The molecule has 7 nitrogen and oxygen atoms in total. The van der Waals surface area contributed by atoms with Gasteiger partial charge in [0, 0.05) is 23.1 Å². The Labute approximate surface area is 252 Å². The summed E-state index contributed by atoms with van der Waals surface area (Å²) in [6, 6.07) is 12.9. The quantitative estimate of drug-likeness (QED) is 0.108. The van der Waals surface area contributed by atoms with Crippen molar-refractivity contribution < 1.29 is 32.8 Å². The average Bonchev–Trinajstić information content (AvgIpc) is 3.65. The fourth-order valence-electron chi connectivity index (χ4n) is 5.75. The third kappa shape index (κ3) is 10.6. The van der Waals surface area contributed by atoms with Gasteiger partial charge in [-0.05, 0) is 59.8 Å². The smallest absolute Gasteiger partial charge is 0.428 e. The first kappa shape index (κ1) is 31.2. The van der Waals surface area contributed by atoms with Crippen molar-refractivity contribution in [1.82, 2.24) is 0 Å². The summed E-state index contributed by atoms with van der Waals surface area (Å²) in [4.78, 5) is 24.5. The van der Waals surface area contributed by atoms with Crippen molar-refractivity contribution in [2.75, 3.05) is 46.6 Å². The summed E-state index contributed by atoms with van der Waals surface area (Å²) in [5.74, 6) is -0.346. The van der Waals surface area contributed by atoms with Crippen LogP contribution in [0.1, 0.15) is 54.4 Å². The van der Waals surface area contributed by atoms with Crippen LogP contribution in [-0.2, 0) is 38.6 Å². The molecule has 1 aliphatic heterocycles. The summed E-state index contributed by atoms with van der Waals surface area (Å²) in [7, 11) is 2.17. The van der Waals surface area contributed by atoms with Gasteiger partial charge in [-0.15, -0.1) is 0 Å². The van der Waals surface area contributed by atoms with Gasteiger partial charge in [0.25, 0.3) is 0 Å². The van der Waals surface area contributed by atoms with E-state index in [4.69, 9.17) is 14.2 Å². The molecule has 41 heavy (non-hydrogen) atoms. The lowest BCUT2D eigenvalue weighted by Gasteiger charge is -2.41. The molecule has 1 saturated heterocycles. The predicted octanol–water partition coefficient (Wildman–Crippen LogP) is 6.90. The number of benzene rings is 1. The largest absolute Gasteiger partial charge is 0.511 e. The van der Waals surface area contributed by atoms with Crippen LogP contribution in [0.4, 0.5) is 4.79 Å². The van der Waals surface area contributed by atoms with Crippen LogP contribution in [-0.4, -0.2) is 67.7 Å². The van der Waals surface area contributed by atoms with E-state index < -0.39 is 12.9 Å². The van der Waals surface area contributed by atoms with E-state index in [1.165, 1.54) is 41.5 Å². The van der Waals surface area contributed by atoms with Gasteiger partial charge in [-0.1, -0.05) is 29.8 Å². The number of carbonyl (C=O) groups excluding carboxylic acids is 2. The zero-order valence-corrected chi connectivity index (χ0v) is 26.1. The maximum atomic E-state index is 12.3. The van der Waals surface area contributed by atoms with Crippen LogP contribution in [0.5, 0.6) is 0 Å². The number of ether oxygens (including phenoxy) is 3. The van der Waals surface area contributed by atoms with E-state index in [1.54, 1.807) is 22.7 Å². The summed E-state index contributed by atoms with van der Waals surface area (Å²) in [6.45, 7) is 8.47. The van der Waals surface area contributed by atoms with Crippen LogP contribution in [0, 0.1) is 6.92 Å². The molecule has 1 unspecified atom stereocenters. The van der Waals surface area contributed by atoms with Crippen molar-refractivity contribution in [2.24, 2.45) is 0 Å². The van der Waals surface area contributed by atoms with Crippen LogP contribution >= 0.6 is 22.7 Å². The molecule has 3 heterocycles. The zero-order chi connectivity index (χ0) is 29.0. The Morgan fingerprint density at radius 3 is 2.22 bits per heavy atom. The number of hydrogen-bond acceptors (Lipinski definition) is 7. The van der Waals surface area contributed by atoms with Crippen molar-refractivity contribution in [3.63, 3.8) is 0 Å². The van der Waals surface area contributed by atoms with Gasteiger partial charge in [-0.2, -0.15) is 22.7 Å². The van der Waals surface area contributed by atoms with E-state index in [2.05, 4.69) is 71.9 Å². The molecule has 0 spiro atoms. The Balaban J connectivity index is 1.15. The van der Waals surface area contributed by atoms with Gasteiger partial charge in [-0.25, -0.2) is 4.79 Å². The van der Waals surface area contributed by atoms with E-state index in [9.17, 15) is 9.59 Å². The van der Waals surface area contributed by atoms with E-state index in [0.717, 1.165) is 50.2 Å². The maximum absolute atomic E-state index is 12.3. The van der Waals surface area contributed by atoms with E-state index >= 15 is 0 Å². The Morgan fingerprint density at radius 2 is 1.54 bits per heavy atom. The highest BCUT2D eigenvalue weighted by atomic mass is 32.1. The Bertz CT molecular complexity index is 1190. The topological polar surface area (TPSA) is 61.8 Å². The second kappa shape index (κ2) is 15.5. The molecule has 0 N–H and O–H groups in total. The van der Waals surface area contributed by atoms with Crippen LogP contribution in [0.15, 0.2) is 57.9 Å². The van der Waals surface area contributed by atoms with Crippen molar-refractivity contribution in [3.05, 3.63) is 80.2 Å². The number of hydrogen-bond donors (Lipinski definition) is 0. The Morgan fingerprint density at radius 1 is 0.854 bits per heavy atom. The minimum Gasteiger partial charge on any atom is -0.428 e. The summed E-state index contributed by atoms with van der Waals surface area (Å²) < 4.78 is 17.3. The standard InChI is InChI=1S/C32H44N2O5S2/c1-27-8-10-28(11-9-27)21-33(2,22-29-12-19-40-24-29)17-18-37-32(36)39-26-38-31(35)7-6-16-34(14-4-3-5-15-34)23-30-13-20-41-25-30/h8-13,19-20,24-25H,3-7,14-18,21-23,26H2,1-2H3/q+2. The molecule has 1 aliphatic rings. The third-order valence-electron chi connectivity index (χ3n) is 7.95. The molecule has 0 radical (unpaired) electrons. The predicted molar refractivity (Wildman–Crippen MR) is 163 cm³/mol. The van der Waals surface area contributed by atoms with Crippen molar-refractivity contribution >= 4 is 34.8 Å². The highest BCUT2D eigenvalue weighted by molar-refractivity contribution is 7.08. The van der Waals surface area contributed by atoms with E-state index in [1.807, 2.05) is 0 Å². The molecule has 1 atom stereocenters. The molecule has 4 rings (SSSR count). The van der Waals surface area contributed by atoms with Gasteiger partial charge >= 0.3 is 12.1 Å². The highest BCUT2D eigenvalue weighted by Crippen LogP contribution is 2.25. The molecular formula is C32H44N2O5S2+2. The first-order valence-electron chi connectivity index (χ1n) is 14.5. The van der Waals surface area contributed by atoms with Gasteiger partial charge in [0.05, 0.1) is 33.1 Å². The van der Waals surface area contributed by atoms with Gasteiger partial charge in [0.15, 0.2) is 0 Å². The summed E-state index contributed by atoms with van der Waals surface area (Å²) in [5.41, 5.74) is 5.11. The number of thiophene rings is 2. The number of rotatable bonds is 15. The number of carbonyl (C=O) groups is 2. The zero-order valence-electron chi connectivity index (χ0n) is 24.4. The minimum absolute atomic E-state index is 0.212. The van der Waals surface area contributed by atoms with Crippen LogP contribution in [0.2, 0.25) is 0 Å². The van der Waals surface area contributed by atoms with Crippen LogP contribution in [0.25, 0.3) is 0 Å². The lowest BCUT2D eigenvalue weighted by atomic mass is 10.0. The fourth-order valence-corrected chi connectivity index (χ4v) is 7.07. The number of likely N-dealkylation sites (tertiary alicyclic amines) is 1. The van der Waals surface area contributed by atoms with E-state index in [0.29, 0.717) is 17.4 Å². The number of nitrogens with zero attached hydrogens (tertiary/aromatic N) is 2. The van der Waals surface area contributed by atoms with Crippen LogP contribution < -0.4 is 0 Å². The summed E-state index contributed by atoms with van der Waals surface area (Å²) in [6.07, 6.45) is 4.03. The lowest BCUT2D eigenvalue weighted by molar-refractivity contribution is -0.945. The normalized spacial score (nSPS) is 16.0. The SMILES string of the molecule is Cc1ccc(C[N+](C)(CCOC(=O)OCOC(=O)CCC[N+]2(Cc3ccsc3)CCCCC2)Cc2ccsc2)cc1.